The number of rotatable bonds is 3. The third-order valence-corrected chi connectivity index (χ3v) is 6.99. The van der Waals surface area contributed by atoms with Gasteiger partial charge in [-0.1, -0.05) is 0 Å². The smallest absolute Gasteiger partial charge is 0.257 e. The number of benzene rings is 1. The van der Waals surface area contributed by atoms with Crippen molar-refractivity contribution < 1.29 is 4.79 Å². The van der Waals surface area contributed by atoms with Crippen molar-refractivity contribution in [3.05, 3.63) is 39.2 Å². The topological polar surface area (TPSA) is 62.2 Å². The summed E-state index contributed by atoms with van der Waals surface area (Å²) >= 11 is 2.33. The highest BCUT2D eigenvalue weighted by Crippen LogP contribution is 2.54. The predicted molar refractivity (Wildman–Crippen MR) is 114 cm³/mol. The molecular formula is C20H24IN5O. The molecule has 2 aliphatic heterocycles. The summed E-state index contributed by atoms with van der Waals surface area (Å²) in [6.45, 7) is 4.60. The molecule has 1 spiro atoms. The first-order chi connectivity index (χ1) is 13.1. The van der Waals surface area contributed by atoms with Crippen LogP contribution in [0.5, 0.6) is 0 Å². The van der Waals surface area contributed by atoms with E-state index in [0.717, 1.165) is 58.9 Å². The van der Waals surface area contributed by atoms with E-state index in [9.17, 15) is 4.79 Å². The van der Waals surface area contributed by atoms with Crippen LogP contribution in [-0.2, 0) is 13.1 Å². The largest absolute Gasteiger partial charge is 0.371 e. The summed E-state index contributed by atoms with van der Waals surface area (Å²) in [6.07, 6.45) is 7.05. The summed E-state index contributed by atoms with van der Waals surface area (Å²) in [5.74, 6) is -0.0468. The third kappa shape index (κ3) is 3.35. The molecule has 1 aromatic heterocycles. The first-order valence-electron chi connectivity index (χ1n) is 9.75. The van der Waals surface area contributed by atoms with Gasteiger partial charge in [0.15, 0.2) is 0 Å². The molecule has 0 unspecified atom stereocenters. The van der Waals surface area contributed by atoms with Crippen molar-refractivity contribution in [2.45, 2.75) is 38.8 Å². The third-order valence-electron chi connectivity index (χ3n) is 6.32. The molecule has 1 saturated carbocycles. The highest BCUT2D eigenvalue weighted by atomic mass is 127. The summed E-state index contributed by atoms with van der Waals surface area (Å²) in [4.78, 5) is 15.5. The summed E-state index contributed by atoms with van der Waals surface area (Å²) < 4.78 is 3.14. The van der Waals surface area contributed by atoms with Crippen LogP contribution < -0.4 is 15.5 Å². The number of carbonyl (C=O) groups is 1. The lowest BCUT2D eigenvalue weighted by molar-refractivity contribution is 0.102. The van der Waals surface area contributed by atoms with Gasteiger partial charge in [-0.15, -0.1) is 0 Å². The van der Waals surface area contributed by atoms with Crippen LogP contribution in [0.15, 0.2) is 24.4 Å². The Morgan fingerprint density at radius 1 is 1.19 bits per heavy atom. The monoisotopic (exact) mass is 477 g/mol. The van der Waals surface area contributed by atoms with Crippen LogP contribution >= 0.6 is 22.6 Å². The van der Waals surface area contributed by atoms with Gasteiger partial charge in [-0.2, -0.15) is 5.10 Å². The molecule has 1 amide bonds. The Bertz CT molecular complexity index is 878. The van der Waals surface area contributed by atoms with Gasteiger partial charge in [-0.3, -0.25) is 9.48 Å². The Morgan fingerprint density at radius 2 is 2.00 bits per heavy atom. The van der Waals surface area contributed by atoms with Gasteiger partial charge in [0.2, 0.25) is 0 Å². The number of anilines is 2. The number of amides is 1. The Morgan fingerprint density at radius 3 is 2.78 bits per heavy atom. The minimum Gasteiger partial charge on any atom is -0.371 e. The van der Waals surface area contributed by atoms with Crippen LogP contribution in [0, 0.1) is 8.99 Å². The molecular weight excluding hydrogens is 453 g/mol. The zero-order valence-electron chi connectivity index (χ0n) is 15.3. The second-order valence-electron chi connectivity index (χ2n) is 8.01. The SMILES string of the molecule is O=C(Nc1cnn2c1CNCC2)c1ccc(I)cc1N1CCC2(CC1)CC2. The average molecular weight is 477 g/mol. The van der Waals surface area contributed by atoms with Crippen LogP contribution in [0.4, 0.5) is 11.4 Å². The average Bonchev–Trinajstić information content (AvgIpc) is 3.32. The van der Waals surface area contributed by atoms with Gasteiger partial charge in [0.1, 0.15) is 0 Å². The summed E-state index contributed by atoms with van der Waals surface area (Å²) in [5.41, 5.74) is 4.31. The second-order valence-corrected chi connectivity index (χ2v) is 9.25. The van der Waals surface area contributed by atoms with E-state index in [1.54, 1.807) is 6.20 Å². The van der Waals surface area contributed by atoms with E-state index < -0.39 is 0 Å². The van der Waals surface area contributed by atoms with Crippen molar-refractivity contribution in [1.82, 2.24) is 15.1 Å². The van der Waals surface area contributed by atoms with Crippen molar-refractivity contribution >= 4 is 39.9 Å². The van der Waals surface area contributed by atoms with Crippen molar-refractivity contribution in [3.63, 3.8) is 0 Å². The summed E-state index contributed by atoms with van der Waals surface area (Å²) in [7, 11) is 0. The lowest BCUT2D eigenvalue weighted by atomic mass is 9.93. The number of hydrogen-bond acceptors (Lipinski definition) is 4. The quantitative estimate of drug-likeness (QED) is 0.667. The number of nitrogens with one attached hydrogen (secondary N) is 2. The number of hydrogen-bond donors (Lipinski definition) is 2. The van der Waals surface area contributed by atoms with E-state index >= 15 is 0 Å². The Balaban J connectivity index is 1.39. The molecule has 3 aliphatic rings. The fourth-order valence-corrected chi connectivity index (χ4v) is 4.81. The molecule has 1 saturated heterocycles. The zero-order chi connectivity index (χ0) is 18.4. The first-order valence-corrected chi connectivity index (χ1v) is 10.8. The molecule has 3 heterocycles. The van der Waals surface area contributed by atoms with E-state index in [1.165, 1.54) is 25.7 Å². The van der Waals surface area contributed by atoms with Crippen molar-refractivity contribution in [2.24, 2.45) is 5.41 Å². The molecule has 1 aromatic carbocycles. The maximum Gasteiger partial charge on any atom is 0.257 e. The zero-order valence-corrected chi connectivity index (χ0v) is 17.5. The lowest BCUT2D eigenvalue weighted by Gasteiger charge is -2.35. The summed E-state index contributed by atoms with van der Waals surface area (Å²) in [6, 6.07) is 6.12. The van der Waals surface area contributed by atoms with Gasteiger partial charge in [0.25, 0.3) is 5.91 Å². The molecule has 2 fully saturated rings. The maximum atomic E-state index is 13.1. The van der Waals surface area contributed by atoms with E-state index in [1.807, 2.05) is 16.8 Å². The van der Waals surface area contributed by atoms with E-state index in [4.69, 9.17) is 0 Å². The maximum absolute atomic E-state index is 13.1. The number of aromatic nitrogens is 2. The molecule has 5 rings (SSSR count). The van der Waals surface area contributed by atoms with E-state index in [0.29, 0.717) is 5.41 Å². The van der Waals surface area contributed by atoms with Gasteiger partial charge in [0.05, 0.1) is 35.4 Å². The van der Waals surface area contributed by atoms with Gasteiger partial charge in [-0.25, -0.2) is 0 Å². The first kappa shape index (κ1) is 17.5. The molecule has 1 aliphatic carbocycles. The van der Waals surface area contributed by atoms with Crippen molar-refractivity contribution in [3.8, 4) is 0 Å². The molecule has 142 valence electrons. The molecule has 2 aromatic rings. The van der Waals surface area contributed by atoms with Crippen LogP contribution in [-0.4, -0.2) is 35.3 Å². The van der Waals surface area contributed by atoms with Crippen LogP contribution in [0.3, 0.4) is 0 Å². The number of nitrogens with zero attached hydrogens (tertiary/aromatic N) is 3. The minimum absolute atomic E-state index is 0.0468. The highest BCUT2D eigenvalue weighted by molar-refractivity contribution is 14.1. The number of carbonyl (C=O) groups excluding carboxylic acids is 1. The second kappa shape index (κ2) is 6.77. The molecule has 27 heavy (non-hydrogen) atoms. The fraction of sp³-hybridized carbons (Fsp3) is 0.500. The number of piperidine rings is 1. The van der Waals surface area contributed by atoms with Gasteiger partial charge in [-0.05, 0) is 71.9 Å². The number of fused-ring (bicyclic) bond motifs is 1. The van der Waals surface area contributed by atoms with Crippen molar-refractivity contribution in [1.29, 1.82) is 0 Å². The van der Waals surface area contributed by atoms with Gasteiger partial charge < -0.3 is 15.5 Å². The molecule has 6 nitrogen and oxygen atoms in total. The van der Waals surface area contributed by atoms with Crippen LogP contribution in [0.25, 0.3) is 0 Å². The standard InChI is InChI=1S/C20H24IN5O/c21-14-1-2-15(17(11-14)25-8-5-20(3-4-20)6-9-25)19(27)24-16-12-23-26-10-7-22-13-18(16)26/h1-2,11-12,22H,3-10,13H2,(H,24,27). The summed E-state index contributed by atoms with van der Waals surface area (Å²) in [5, 5.41) is 10.8. The van der Waals surface area contributed by atoms with Crippen molar-refractivity contribution in [2.75, 3.05) is 29.9 Å². The Kier molecular flexibility index (Phi) is 4.39. The lowest BCUT2D eigenvalue weighted by Crippen LogP contribution is -2.35. The van der Waals surface area contributed by atoms with Crippen LogP contribution in [0.2, 0.25) is 0 Å². The van der Waals surface area contributed by atoms with Gasteiger partial charge in [0, 0.05) is 29.7 Å². The Hall–Kier alpha value is -1.61. The van der Waals surface area contributed by atoms with E-state index in [2.05, 4.69) is 49.3 Å². The Labute approximate surface area is 172 Å². The van der Waals surface area contributed by atoms with E-state index in [-0.39, 0.29) is 5.91 Å². The molecule has 7 heteroatoms. The molecule has 0 bridgehead atoms. The fourth-order valence-electron chi connectivity index (χ4n) is 4.33. The highest BCUT2D eigenvalue weighted by Gasteiger charge is 2.44. The molecule has 0 radical (unpaired) electrons. The van der Waals surface area contributed by atoms with Crippen LogP contribution in [0.1, 0.15) is 41.7 Å². The number of halogens is 1. The molecule has 0 atom stereocenters. The minimum atomic E-state index is -0.0468. The van der Waals surface area contributed by atoms with Gasteiger partial charge >= 0.3 is 0 Å². The predicted octanol–water partition coefficient (Wildman–Crippen LogP) is 3.22. The molecule has 2 N–H and O–H groups in total. The normalized spacial score (nSPS) is 20.4.